The molecule has 0 heterocycles. The monoisotopic (exact) mass is 255 g/mol. The van der Waals surface area contributed by atoms with Gasteiger partial charge in [0.15, 0.2) is 0 Å². The molecule has 18 heavy (non-hydrogen) atoms. The van der Waals surface area contributed by atoms with Crippen molar-refractivity contribution in [2.24, 2.45) is 17.8 Å². The smallest absolute Gasteiger partial charge is 0.407 e. The molecule has 2 saturated carbocycles. The van der Waals surface area contributed by atoms with Gasteiger partial charge < -0.3 is 15.2 Å². The molecule has 2 unspecified atom stereocenters. The van der Waals surface area contributed by atoms with Gasteiger partial charge in [0.05, 0.1) is 5.92 Å². The van der Waals surface area contributed by atoms with E-state index in [2.05, 4.69) is 5.32 Å². The maximum Gasteiger partial charge on any atom is 0.407 e. The predicted molar refractivity (Wildman–Crippen MR) is 65.1 cm³/mol. The van der Waals surface area contributed by atoms with Crippen LogP contribution in [0.4, 0.5) is 4.79 Å². The first-order chi connectivity index (χ1) is 8.26. The third-order valence-electron chi connectivity index (χ3n) is 3.88. The molecule has 0 aromatic rings. The zero-order chi connectivity index (χ0) is 13.5. The lowest BCUT2D eigenvalue weighted by atomic mass is 9.86. The van der Waals surface area contributed by atoms with Gasteiger partial charge in [-0.1, -0.05) is 0 Å². The Morgan fingerprint density at radius 3 is 2.28 bits per heavy atom. The number of carbonyl (C=O) groups excluding carboxylic acids is 1. The number of hydrogen-bond acceptors (Lipinski definition) is 3. The summed E-state index contributed by atoms with van der Waals surface area (Å²) in [5, 5.41) is 11.9. The normalized spacial score (nSPS) is 34.4. The average molecular weight is 255 g/mol. The van der Waals surface area contributed by atoms with Crippen molar-refractivity contribution >= 4 is 12.1 Å². The number of nitrogens with one attached hydrogen (secondary N) is 1. The van der Waals surface area contributed by atoms with E-state index in [1.807, 2.05) is 20.8 Å². The van der Waals surface area contributed by atoms with Crippen molar-refractivity contribution in [2.45, 2.75) is 51.7 Å². The van der Waals surface area contributed by atoms with Crippen molar-refractivity contribution in [1.29, 1.82) is 0 Å². The van der Waals surface area contributed by atoms with Crippen molar-refractivity contribution in [3.8, 4) is 0 Å². The fraction of sp³-hybridized carbons (Fsp3) is 0.846. The molecule has 0 saturated heterocycles. The number of alkyl carbamates (subject to hydrolysis) is 1. The minimum absolute atomic E-state index is 0.0837. The van der Waals surface area contributed by atoms with Crippen molar-refractivity contribution < 1.29 is 19.4 Å². The molecule has 102 valence electrons. The third kappa shape index (κ3) is 2.76. The minimum atomic E-state index is -0.696. The quantitative estimate of drug-likeness (QED) is 0.791. The van der Waals surface area contributed by atoms with E-state index in [9.17, 15) is 9.59 Å². The average Bonchev–Trinajstić information content (AvgIpc) is 2.72. The van der Waals surface area contributed by atoms with Gasteiger partial charge in [0.1, 0.15) is 5.60 Å². The lowest BCUT2D eigenvalue weighted by molar-refractivity contribution is -0.143. The maximum absolute atomic E-state index is 11.7. The fourth-order valence-corrected chi connectivity index (χ4v) is 3.21. The molecule has 5 nitrogen and oxygen atoms in total. The molecular formula is C13H21NO4. The van der Waals surface area contributed by atoms with Gasteiger partial charge in [0, 0.05) is 6.04 Å². The molecule has 0 radical (unpaired) electrons. The van der Waals surface area contributed by atoms with Crippen LogP contribution in [0.15, 0.2) is 0 Å². The summed E-state index contributed by atoms with van der Waals surface area (Å²) in [6.07, 6.45) is 1.96. The number of amides is 1. The van der Waals surface area contributed by atoms with Gasteiger partial charge in [-0.15, -0.1) is 0 Å². The molecule has 0 aliphatic heterocycles. The number of hydrogen-bond donors (Lipinski definition) is 2. The second-order valence-corrected chi connectivity index (χ2v) is 6.42. The molecule has 2 N–H and O–H groups in total. The van der Waals surface area contributed by atoms with Crippen LogP contribution in [0.5, 0.6) is 0 Å². The highest BCUT2D eigenvalue weighted by atomic mass is 16.6. The van der Waals surface area contributed by atoms with Crippen molar-refractivity contribution in [2.75, 3.05) is 0 Å². The Hall–Kier alpha value is -1.26. The van der Waals surface area contributed by atoms with Gasteiger partial charge in [-0.2, -0.15) is 0 Å². The van der Waals surface area contributed by atoms with Gasteiger partial charge >= 0.3 is 12.1 Å². The Bertz CT molecular complexity index is 360. The van der Waals surface area contributed by atoms with Gasteiger partial charge in [-0.25, -0.2) is 4.79 Å². The number of fused-ring (bicyclic) bond motifs is 2. The molecule has 2 bridgehead atoms. The second-order valence-electron chi connectivity index (χ2n) is 6.42. The molecule has 0 spiro atoms. The molecule has 1 amide bonds. The first kappa shape index (κ1) is 13.2. The van der Waals surface area contributed by atoms with Crippen LogP contribution >= 0.6 is 0 Å². The summed E-state index contributed by atoms with van der Waals surface area (Å²) in [4.78, 5) is 22.7. The fourth-order valence-electron chi connectivity index (χ4n) is 3.21. The van der Waals surface area contributed by atoms with E-state index in [0.29, 0.717) is 12.3 Å². The van der Waals surface area contributed by atoms with Crippen LogP contribution < -0.4 is 5.32 Å². The number of ether oxygens (including phenoxy) is 1. The summed E-state index contributed by atoms with van der Waals surface area (Å²) in [6, 6.07) is 0.0837. The highest BCUT2D eigenvalue weighted by Crippen LogP contribution is 2.48. The highest BCUT2D eigenvalue weighted by Gasteiger charge is 2.49. The Balaban J connectivity index is 1.85. The van der Waals surface area contributed by atoms with Crippen LogP contribution in [0.25, 0.3) is 0 Å². The lowest BCUT2D eigenvalue weighted by Gasteiger charge is -2.28. The van der Waals surface area contributed by atoms with Crippen LogP contribution in [0.3, 0.4) is 0 Å². The summed E-state index contributed by atoms with van der Waals surface area (Å²) >= 11 is 0. The molecule has 2 aliphatic carbocycles. The lowest BCUT2D eigenvalue weighted by Crippen LogP contribution is -2.43. The Morgan fingerprint density at radius 2 is 1.83 bits per heavy atom. The van der Waals surface area contributed by atoms with E-state index in [1.165, 1.54) is 0 Å². The zero-order valence-corrected chi connectivity index (χ0v) is 11.1. The van der Waals surface area contributed by atoms with Crippen molar-refractivity contribution in [3.05, 3.63) is 0 Å². The van der Waals surface area contributed by atoms with Crippen molar-refractivity contribution in [3.63, 3.8) is 0 Å². The summed E-state index contributed by atoms with van der Waals surface area (Å²) in [7, 11) is 0. The van der Waals surface area contributed by atoms with Crippen molar-refractivity contribution in [1.82, 2.24) is 5.32 Å². The SMILES string of the molecule is CC(C)(C)OC(=O)NC1C[C@H]2C[C@@H]1CC2C(=O)O. The number of carboxylic acid groups (broad SMARTS) is 1. The van der Waals surface area contributed by atoms with Gasteiger partial charge in [-0.3, -0.25) is 4.79 Å². The topological polar surface area (TPSA) is 75.6 Å². The van der Waals surface area contributed by atoms with E-state index in [-0.39, 0.29) is 17.9 Å². The van der Waals surface area contributed by atoms with E-state index in [1.54, 1.807) is 0 Å². The van der Waals surface area contributed by atoms with Gasteiger partial charge in [0.25, 0.3) is 0 Å². The molecule has 4 atom stereocenters. The largest absolute Gasteiger partial charge is 0.481 e. The van der Waals surface area contributed by atoms with E-state index in [4.69, 9.17) is 9.84 Å². The molecule has 0 aromatic heterocycles. The Morgan fingerprint density at radius 1 is 1.17 bits per heavy atom. The first-order valence-electron chi connectivity index (χ1n) is 6.48. The zero-order valence-electron chi connectivity index (χ0n) is 11.1. The second kappa shape index (κ2) is 4.44. The summed E-state index contributed by atoms with van der Waals surface area (Å²) < 4.78 is 5.22. The number of rotatable bonds is 2. The van der Waals surface area contributed by atoms with Crippen LogP contribution in [0, 0.1) is 17.8 Å². The molecule has 2 aliphatic rings. The van der Waals surface area contributed by atoms with E-state index < -0.39 is 17.7 Å². The third-order valence-corrected chi connectivity index (χ3v) is 3.88. The summed E-state index contributed by atoms with van der Waals surface area (Å²) in [5.41, 5.74) is -0.495. The molecular weight excluding hydrogens is 234 g/mol. The predicted octanol–water partition coefficient (Wildman–Crippen LogP) is 2.01. The van der Waals surface area contributed by atoms with Gasteiger partial charge in [0.2, 0.25) is 0 Å². The molecule has 2 fully saturated rings. The Kier molecular flexibility index (Phi) is 3.25. The minimum Gasteiger partial charge on any atom is -0.481 e. The van der Waals surface area contributed by atoms with Gasteiger partial charge in [-0.05, 0) is 51.9 Å². The van der Waals surface area contributed by atoms with Crippen LogP contribution in [0.1, 0.15) is 40.0 Å². The molecule has 5 heteroatoms. The summed E-state index contributed by atoms with van der Waals surface area (Å²) in [5.74, 6) is -0.402. The first-order valence-corrected chi connectivity index (χ1v) is 6.48. The number of carbonyl (C=O) groups is 2. The van der Waals surface area contributed by atoms with Crippen LogP contribution in [-0.4, -0.2) is 28.8 Å². The molecule has 0 aromatic carbocycles. The van der Waals surface area contributed by atoms with E-state index in [0.717, 1.165) is 12.8 Å². The number of carboxylic acids is 1. The van der Waals surface area contributed by atoms with E-state index >= 15 is 0 Å². The standard InChI is InChI=1S/C13H21NO4/c1-13(2,3)18-12(17)14-10-6-7-4-8(10)5-9(7)11(15)16/h7-10H,4-6H2,1-3H3,(H,14,17)(H,15,16)/t7-,8-,9?,10?/m1/s1. The summed E-state index contributed by atoms with van der Waals surface area (Å²) in [6.45, 7) is 5.48. The highest BCUT2D eigenvalue weighted by molar-refractivity contribution is 5.71. The maximum atomic E-state index is 11.7. The van der Waals surface area contributed by atoms with Crippen LogP contribution in [0.2, 0.25) is 0 Å². The Labute approximate surface area is 107 Å². The van der Waals surface area contributed by atoms with Crippen LogP contribution in [-0.2, 0) is 9.53 Å². The molecule has 2 rings (SSSR count). The number of aliphatic carboxylic acids is 1.